The molecule has 1 spiro atoms. The summed E-state index contributed by atoms with van der Waals surface area (Å²) in [6, 6.07) is 28.3. The highest BCUT2D eigenvalue weighted by atomic mass is 16.5. The minimum Gasteiger partial charge on any atom is -0.507 e. The lowest BCUT2D eigenvalue weighted by atomic mass is 9.55. The van der Waals surface area contributed by atoms with Crippen LogP contribution in [0.3, 0.4) is 0 Å². The molecule has 0 aliphatic heterocycles. The molecule has 1 saturated carbocycles. The summed E-state index contributed by atoms with van der Waals surface area (Å²) >= 11 is 0. The normalized spacial score (nSPS) is 24.1. The molecule has 0 radical (unpaired) electrons. The van der Waals surface area contributed by atoms with Crippen LogP contribution in [-0.4, -0.2) is 12.2 Å². The molecule has 0 bridgehead atoms. The number of hydrogen-bond acceptors (Lipinski definition) is 2. The van der Waals surface area contributed by atoms with Crippen molar-refractivity contribution in [2.24, 2.45) is 0 Å². The van der Waals surface area contributed by atoms with Crippen LogP contribution in [0.4, 0.5) is 0 Å². The van der Waals surface area contributed by atoms with Gasteiger partial charge in [0.05, 0.1) is 7.11 Å². The van der Waals surface area contributed by atoms with Gasteiger partial charge in [-0.1, -0.05) is 78.4 Å². The Balaban J connectivity index is 1.40. The van der Waals surface area contributed by atoms with Crippen molar-refractivity contribution in [3.8, 4) is 22.6 Å². The predicted octanol–water partition coefficient (Wildman–Crippen LogP) is 8.61. The lowest BCUT2D eigenvalue weighted by Gasteiger charge is -2.48. The number of fused-ring (bicyclic) bond motifs is 7. The van der Waals surface area contributed by atoms with Crippen molar-refractivity contribution < 1.29 is 9.84 Å². The van der Waals surface area contributed by atoms with E-state index < -0.39 is 0 Å². The van der Waals surface area contributed by atoms with Gasteiger partial charge in [-0.3, -0.25) is 0 Å². The maximum absolute atomic E-state index is 11.3. The first-order chi connectivity index (χ1) is 18.2. The van der Waals surface area contributed by atoms with E-state index in [1.165, 1.54) is 27.8 Å². The zero-order valence-corrected chi connectivity index (χ0v) is 21.3. The quantitative estimate of drug-likeness (QED) is 0.315. The van der Waals surface area contributed by atoms with Gasteiger partial charge >= 0.3 is 0 Å². The second-order valence-electron chi connectivity index (χ2n) is 11.0. The van der Waals surface area contributed by atoms with Crippen LogP contribution < -0.4 is 4.74 Å². The third-order valence-electron chi connectivity index (χ3n) is 9.46. The molecule has 0 amide bonds. The Morgan fingerprint density at radius 2 is 1.51 bits per heavy atom. The predicted molar refractivity (Wildman–Crippen MR) is 151 cm³/mol. The number of hydrogen-bond donors (Lipinski definition) is 1. The summed E-state index contributed by atoms with van der Waals surface area (Å²) in [7, 11) is 1.68. The summed E-state index contributed by atoms with van der Waals surface area (Å²) in [5, 5.41) is 13.2. The zero-order chi connectivity index (χ0) is 25.0. The van der Waals surface area contributed by atoms with E-state index >= 15 is 0 Å². The highest BCUT2D eigenvalue weighted by molar-refractivity contribution is 6.05. The standard InChI is InChI=1S/C35H32O2/c1-37-26-16-17-27-29(22-26)32(36)23-31-33(27)28-14-8-9-15-30(28)35(31)20-18-34(19-21-35,24-10-4-2-5-11-24)25-12-6-3-7-13-25/h2-6,8-12,14-17,22-23,36H,7,13,18-21H2,1H3. The lowest BCUT2D eigenvalue weighted by molar-refractivity contribution is 0.252. The minimum atomic E-state index is -0.0825. The topological polar surface area (TPSA) is 29.5 Å². The average molecular weight is 485 g/mol. The molecule has 0 saturated heterocycles. The van der Waals surface area contributed by atoms with Gasteiger partial charge in [0, 0.05) is 16.2 Å². The van der Waals surface area contributed by atoms with Crippen LogP contribution >= 0.6 is 0 Å². The molecule has 4 aromatic rings. The van der Waals surface area contributed by atoms with Crippen LogP contribution in [0, 0.1) is 0 Å². The molecule has 2 nitrogen and oxygen atoms in total. The summed E-state index contributed by atoms with van der Waals surface area (Å²) in [6.07, 6.45) is 13.5. The summed E-state index contributed by atoms with van der Waals surface area (Å²) < 4.78 is 5.48. The average Bonchev–Trinajstić information content (AvgIpc) is 3.23. The van der Waals surface area contributed by atoms with E-state index in [1.807, 2.05) is 12.1 Å². The van der Waals surface area contributed by atoms with Crippen LogP contribution in [0.5, 0.6) is 11.5 Å². The third-order valence-corrected chi connectivity index (χ3v) is 9.46. The molecule has 1 N–H and O–H groups in total. The monoisotopic (exact) mass is 484 g/mol. The van der Waals surface area contributed by atoms with Gasteiger partial charge in [0.1, 0.15) is 11.5 Å². The van der Waals surface area contributed by atoms with Crippen LogP contribution in [0.1, 0.15) is 55.2 Å². The van der Waals surface area contributed by atoms with Gasteiger partial charge < -0.3 is 9.84 Å². The number of phenols is 1. The zero-order valence-electron chi connectivity index (χ0n) is 21.3. The van der Waals surface area contributed by atoms with Gasteiger partial charge in [-0.15, -0.1) is 0 Å². The molecule has 1 fully saturated rings. The molecule has 3 aliphatic carbocycles. The molecule has 0 aromatic heterocycles. The van der Waals surface area contributed by atoms with Gasteiger partial charge in [0.25, 0.3) is 0 Å². The third kappa shape index (κ3) is 3.18. The van der Waals surface area contributed by atoms with E-state index in [0.29, 0.717) is 5.75 Å². The number of allylic oxidation sites excluding steroid dienone is 4. The van der Waals surface area contributed by atoms with E-state index in [1.54, 1.807) is 12.7 Å². The van der Waals surface area contributed by atoms with Crippen molar-refractivity contribution >= 4 is 10.8 Å². The van der Waals surface area contributed by atoms with Crippen molar-refractivity contribution in [3.05, 3.63) is 119 Å². The Kier molecular flexibility index (Phi) is 5.08. The Labute approximate surface area is 218 Å². The second kappa shape index (κ2) is 8.38. The molecule has 2 heteroatoms. The van der Waals surface area contributed by atoms with E-state index in [2.05, 4.69) is 85.0 Å². The summed E-state index contributed by atoms with van der Waals surface area (Å²) in [4.78, 5) is 0. The molecule has 7 rings (SSSR count). The Hall–Kier alpha value is -3.78. The minimum absolute atomic E-state index is 0.0707. The SMILES string of the molecule is COc1ccc2c3c(cc(O)c2c1)C1(CCC(C2=CC=CCC2)(c2ccccc2)CC1)c1ccccc1-3. The molecular weight excluding hydrogens is 452 g/mol. The number of aromatic hydroxyl groups is 1. The van der Waals surface area contributed by atoms with Crippen LogP contribution in [-0.2, 0) is 10.8 Å². The molecule has 3 aliphatic rings. The largest absolute Gasteiger partial charge is 0.507 e. The highest BCUT2D eigenvalue weighted by Crippen LogP contribution is 2.62. The van der Waals surface area contributed by atoms with Crippen molar-refractivity contribution in [1.29, 1.82) is 0 Å². The van der Waals surface area contributed by atoms with Crippen molar-refractivity contribution in [3.63, 3.8) is 0 Å². The Morgan fingerprint density at radius 1 is 0.757 bits per heavy atom. The van der Waals surface area contributed by atoms with Gasteiger partial charge in [0.2, 0.25) is 0 Å². The summed E-state index contributed by atoms with van der Waals surface area (Å²) in [5.74, 6) is 1.11. The first kappa shape index (κ1) is 22.4. The number of rotatable bonds is 3. The molecule has 4 aromatic carbocycles. The smallest absolute Gasteiger partial charge is 0.123 e. The fourth-order valence-corrected chi connectivity index (χ4v) is 7.64. The van der Waals surface area contributed by atoms with Crippen molar-refractivity contribution in [2.45, 2.75) is 49.4 Å². The van der Waals surface area contributed by atoms with E-state index in [9.17, 15) is 5.11 Å². The molecular formula is C35H32O2. The number of ether oxygens (including phenoxy) is 1. The number of methoxy groups -OCH3 is 1. The van der Waals surface area contributed by atoms with E-state index in [0.717, 1.165) is 55.0 Å². The van der Waals surface area contributed by atoms with Crippen molar-refractivity contribution in [2.75, 3.05) is 7.11 Å². The fourth-order valence-electron chi connectivity index (χ4n) is 7.64. The molecule has 0 heterocycles. The van der Waals surface area contributed by atoms with Crippen LogP contribution in [0.25, 0.3) is 21.9 Å². The Bertz CT molecular complexity index is 1570. The highest BCUT2D eigenvalue weighted by Gasteiger charge is 2.51. The van der Waals surface area contributed by atoms with Gasteiger partial charge in [-0.25, -0.2) is 0 Å². The lowest BCUT2D eigenvalue weighted by Crippen LogP contribution is -2.41. The Morgan fingerprint density at radius 3 is 2.27 bits per heavy atom. The first-order valence-corrected chi connectivity index (χ1v) is 13.5. The molecule has 0 unspecified atom stereocenters. The number of benzene rings is 4. The maximum atomic E-state index is 11.3. The van der Waals surface area contributed by atoms with Gasteiger partial charge in [0.15, 0.2) is 0 Å². The summed E-state index contributed by atoms with van der Waals surface area (Å²) in [6.45, 7) is 0. The molecule has 0 atom stereocenters. The van der Waals surface area contributed by atoms with E-state index in [4.69, 9.17) is 4.74 Å². The van der Waals surface area contributed by atoms with Crippen molar-refractivity contribution in [1.82, 2.24) is 0 Å². The van der Waals surface area contributed by atoms with Gasteiger partial charge in [-0.05, 0) is 96.0 Å². The van der Waals surface area contributed by atoms with Crippen LogP contribution in [0.15, 0.2) is 103 Å². The second-order valence-corrected chi connectivity index (χ2v) is 11.0. The molecule has 37 heavy (non-hydrogen) atoms. The molecule has 184 valence electrons. The maximum Gasteiger partial charge on any atom is 0.123 e. The fraction of sp³-hybridized carbons (Fsp3) is 0.257. The summed E-state index contributed by atoms with van der Waals surface area (Å²) in [5.41, 5.74) is 8.34. The van der Waals surface area contributed by atoms with Crippen LogP contribution in [0.2, 0.25) is 0 Å². The first-order valence-electron chi connectivity index (χ1n) is 13.5. The van der Waals surface area contributed by atoms with E-state index in [-0.39, 0.29) is 10.8 Å². The van der Waals surface area contributed by atoms with Gasteiger partial charge in [-0.2, -0.15) is 0 Å². The number of phenolic OH excluding ortho intramolecular Hbond substituents is 1.